The maximum atomic E-state index is 11.2. The Bertz CT molecular complexity index is 1170. The van der Waals surface area contributed by atoms with Crippen molar-refractivity contribution in [2.75, 3.05) is 11.1 Å². The first-order chi connectivity index (χ1) is 13.5. The van der Waals surface area contributed by atoms with Crippen LogP contribution in [0, 0.1) is 0 Å². The van der Waals surface area contributed by atoms with Crippen LogP contribution in [0.1, 0.15) is 13.8 Å². The van der Waals surface area contributed by atoms with Crippen molar-refractivity contribution in [1.29, 1.82) is 0 Å². The van der Waals surface area contributed by atoms with E-state index in [-0.39, 0.29) is 24.1 Å². The number of aromatic nitrogens is 5. The minimum absolute atomic E-state index is 0. The maximum absolute atomic E-state index is 11.2. The average Bonchev–Trinajstić information content (AvgIpc) is 3.23. The Morgan fingerprint density at radius 3 is 2.83 bits per heavy atom. The van der Waals surface area contributed by atoms with E-state index in [0.717, 1.165) is 5.52 Å². The van der Waals surface area contributed by atoms with Gasteiger partial charge in [-0.05, 0) is 29.4 Å². The number of nitrogens with zero attached hydrogens (tertiary/aromatic N) is 5. The van der Waals surface area contributed by atoms with Crippen LogP contribution in [0.5, 0.6) is 11.6 Å². The number of nitrogens with one attached hydrogen (secondary N) is 1. The van der Waals surface area contributed by atoms with Crippen molar-refractivity contribution >= 4 is 40.9 Å². The summed E-state index contributed by atoms with van der Waals surface area (Å²) in [6.45, 7) is 4.05. The van der Waals surface area contributed by atoms with E-state index < -0.39 is 0 Å². The molecule has 1 amide bonds. The molecule has 0 aliphatic heterocycles. The van der Waals surface area contributed by atoms with Crippen molar-refractivity contribution in [2.45, 2.75) is 20.4 Å². The van der Waals surface area contributed by atoms with E-state index in [1.54, 1.807) is 36.5 Å². The Kier molecular flexibility index (Phi) is 5.64. The number of anilines is 2. The molecule has 150 valence electrons. The van der Waals surface area contributed by atoms with Crippen molar-refractivity contribution in [3.05, 3.63) is 36.5 Å². The van der Waals surface area contributed by atoms with Gasteiger partial charge in [-0.2, -0.15) is 0 Å². The molecule has 3 heterocycles. The first-order valence-corrected chi connectivity index (χ1v) is 8.55. The monoisotopic (exact) mass is 415 g/mol. The van der Waals surface area contributed by atoms with Gasteiger partial charge in [0.05, 0.1) is 11.7 Å². The van der Waals surface area contributed by atoms with E-state index >= 15 is 0 Å². The number of aryl methyl sites for hydroxylation is 1. The molecule has 0 aliphatic carbocycles. The van der Waals surface area contributed by atoms with Gasteiger partial charge in [0.15, 0.2) is 17.3 Å². The quantitative estimate of drug-likeness (QED) is 0.507. The lowest BCUT2D eigenvalue weighted by Gasteiger charge is -2.08. The number of carbonyl (C=O) groups is 1. The predicted molar refractivity (Wildman–Crippen MR) is 109 cm³/mol. The summed E-state index contributed by atoms with van der Waals surface area (Å²) in [5, 5.41) is 10.2. The number of imidazole rings is 1. The Morgan fingerprint density at radius 2 is 2.14 bits per heavy atom. The van der Waals surface area contributed by atoms with E-state index in [2.05, 4.69) is 30.2 Å². The normalized spacial score (nSPS) is 10.6. The van der Waals surface area contributed by atoms with Gasteiger partial charge in [0, 0.05) is 31.3 Å². The molecule has 0 saturated heterocycles. The molecule has 29 heavy (non-hydrogen) atoms. The van der Waals surface area contributed by atoms with Gasteiger partial charge in [-0.25, -0.2) is 14.6 Å². The second-order valence-electron chi connectivity index (χ2n) is 6.00. The van der Waals surface area contributed by atoms with Gasteiger partial charge >= 0.3 is 0 Å². The number of amides is 1. The van der Waals surface area contributed by atoms with Gasteiger partial charge in [0.25, 0.3) is 0 Å². The summed E-state index contributed by atoms with van der Waals surface area (Å²) < 4.78 is 12.5. The molecule has 0 aliphatic rings. The highest BCUT2D eigenvalue weighted by Crippen LogP contribution is 2.29. The number of nitrogens with two attached hydrogens (primary N) is 1. The highest BCUT2D eigenvalue weighted by molar-refractivity contribution is 5.88. The van der Waals surface area contributed by atoms with Gasteiger partial charge in [-0.3, -0.25) is 4.79 Å². The fourth-order valence-corrected chi connectivity index (χ4v) is 2.88. The largest absolute Gasteiger partial charge is 0.439 e. The molecule has 0 fully saturated rings. The zero-order valence-electron chi connectivity index (χ0n) is 15.6. The van der Waals surface area contributed by atoms with E-state index in [0.29, 0.717) is 40.9 Å². The van der Waals surface area contributed by atoms with Crippen molar-refractivity contribution < 1.29 is 14.2 Å². The average molecular weight is 416 g/mol. The molecule has 0 spiro atoms. The Balaban J connectivity index is 0.00000240. The smallest absolute Gasteiger partial charge is 0.221 e. The number of halogens is 1. The fourth-order valence-electron chi connectivity index (χ4n) is 2.88. The molecule has 11 heteroatoms. The van der Waals surface area contributed by atoms with Crippen molar-refractivity contribution in [3.63, 3.8) is 0 Å². The Labute approximate surface area is 171 Å². The molecule has 0 saturated carbocycles. The van der Waals surface area contributed by atoms with Gasteiger partial charge in [0.2, 0.25) is 11.8 Å². The molecule has 0 atom stereocenters. The summed E-state index contributed by atoms with van der Waals surface area (Å²) in [5.74, 6) is 1.50. The molecule has 3 N–H and O–H groups in total. The van der Waals surface area contributed by atoms with Crippen LogP contribution in [0.25, 0.3) is 22.6 Å². The first-order valence-electron chi connectivity index (χ1n) is 8.55. The minimum atomic E-state index is -0.155. The number of ether oxygens (including phenoxy) is 1. The SMILES string of the molecule is CCn1c(-c2nonc2N)nc2cnc(Oc3cccc(NC(C)=O)c3)cc21.Cl. The van der Waals surface area contributed by atoms with Gasteiger partial charge in [-0.15, -0.1) is 12.4 Å². The van der Waals surface area contributed by atoms with Crippen molar-refractivity contribution in [2.24, 2.45) is 0 Å². The lowest BCUT2D eigenvalue weighted by Crippen LogP contribution is -2.05. The number of pyridine rings is 1. The third kappa shape index (κ3) is 3.97. The summed E-state index contributed by atoms with van der Waals surface area (Å²) in [5.41, 5.74) is 8.30. The number of fused-ring (bicyclic) bond motifs is 1. The third-order valence-electron chi connectivity index (χ3n) is 4.03. The van der Waals surface area contributed by atoms with Crippen LogP contribution < -0.4 is 15.8 Å². The number of rotatable bonds is 5. The van der Waals surface area contributed by atoms with Crippen LogP contribution in [0.2, 0.25) is 0 Å². The Morgan fingerprint density at radius 1 is 1.31 bits per heavy atom. The summed E-state index contributed by atoms with van der Waals surface area (Å²) in [4.78, 5) is 20.1. The van der Waals surface area contributed by atoms with Crippen LogP contribution in [0.4, 0.5) is 11.5 Å². The molecule has 0 bridgehead atoms. The summed E-state index contributed by atoms with van der Waals surface area (Å²) in [6.07, 6.45) is 1.61. The van der Waals surface area contributed by atoms with E-state index in [9.17, 15) is 4.79 Å². The van der Waals surface area contributed by atoms with Gasteiger partial charge in [-0.1, -0.05) is 6.07 Å². The zero-order valence-corrected chi connectivity index (χ0v) is 16.4. The summed E-state index contributed by atoms with van der Waals surface area (Å²) in [7, 11) is 0. The molecule has 1 aromatic carbocycles. The molecule has 4 aromatic rings. The number of benzene rings is 1. The lowest BCUT2D eigenvalue weighted by atomic mass is 10.3. The molecule has 4 rings (SSSR count). The minimum Gasteiger partial charge on any atom is -0.439 e. The highest BCUT2D eigenvalue weighted by Gasteiger charge is 2.19. The molecular weight excluding hydrogens is 398 g/mol. The van der Waals surface area contributed by atoms with Crippen LogP contribution >= 0.6 is 12.4 Å². The highest BCUT2D eigenvalue weighted by atomic mass is 35.5. The topological polar surface area (TPSA) is 134 Å². The second-order valence-corrected chi connectivity index (χ2v) is 6.00. The Hall–Kier alpha value is -3.66. The van der Waals surface area contributed by atoms with E-state index in [1.807, 2.05) is 11.5 Å². The number of nitrogen functional groups attached to an aromatic ring is 1. The fraction of sp³-hybridized carbons (Fsp3) is 0.167. The second kappa shape index (κ2) is 8.15. The zero-order chi connectivity index (χ0) is 19.7. The number of hydrogen-bond donors (Lipinski definition) is 2. The van der Waals surface area contributed by atoms with Crippen LogP contribution in [0.15, 0.2) is 41.2 Å². The first kappa shape index (κ1) is 20.1. The number of carbonyl (C=O) groups excluding carboxylic acids is 1. The van der Waals surface area contributed by atoms with Crippen LogP contribution in [-0.4, -0.2) is 30.8 Å². The molecule has 0 radical (unpaired) electrons. The standard InChI is InChI=1S/C18H17N7O3.ClH/c1-3-25-14-8-15(27-12-6-4-5-11(7-12)21-10(2)26)20-9-13(14)22-18(25)16-17(19)24-28-23-16;/h4-9H,3H2,1-2H3,(H2,19,24)(H,21,26);1H. The third-order valence-corrected chi connectivity index (χ3v) is 4.03. The van der Waals surface area contributed by atoms with Crippen molar-refractivity contribution in [1.82, 2.24) is 24.8 Å². The van der Waals surface area contributed by atoms with Gasteiger partial charge < -0.3 is 20.4 Å². The lowest BCUT2D eigenvalue weighted by molar-refractivity contribution is -0.114. The van der Waals surface area contributed by atoms with Crippen LogP contribution in [0.3, 0.4) is 0 Å². The maximum Gasteiger partial charge on any atom is 0.221 e. The van der Waals surface area contributed by atoms with Crippen molar-refractivity contribution in [3.8, 4) is 23.1 Å². The molecular formula is C18H18ClN7O3. The molecule has 3 aromatic heterocycles. The summed E-state index contributed by atoms with van der Waals surface area (Å²) >= 11 is 0. The molecule has 10 nitrogen and oxygen atoms in total. The van der Waals surface area contributed by atoms with Crippen LogP contribution in [-0.2, 0) is 11.3 Å². The predicted octanol–water partition coefficient (Wildman–Crippen LogP) is 3.26. The summed E-state index contributed by atoms with van der Waals surface area (Å²) in [6, 6.07) is 8.84. The molecule has 0 unspecified atom stereocenters. The van der Waals surface area contributed by atoms with Gasteiger partial charge in [0.1, 0.15) is 11.3 Å². The number of hydrogen-bond acceptors (Lipinski definition) is 8. The van der Waals surface area contributed by atoms with E-state index in [4.69, 9.17) is 10.5 Å². The van der Waals surface area contributed by atoms with E-state index in [1.165, 1.54) is 6.92 Å².